The molecule has 0 aromatic carbocycles. The van der Waals surface area contributed by atoms with Gasteiger partial charge in [0.2, 0.25) is 0 Å². The van der Waals surface area contributed by atoms with E-state index in [1.165, 1.54) is 0 Å². The summed E-state index contributed by atoms with van der Waals surface area (Å²) in [5.41, 5.74) is 0.637. The van der Waals surface area contributed by atoms with Crippen LogP contribution in [0.4, 0.5) is 0 Å². The van der Waals surface area contributed by atoms with Gasteiger partial charge in [-0.1, -0.05) is 0 Å². The number of aromatic nitrogens is 1. The van der Waals surface area contributed by atoms with Gasteiger partial charge in [-0.15, -0.1) is 11.6 Å². The molecule has 0 aliphatic heterocycles. The predicted octanol–water partition coefficient (Wildman–Crippen LogP) is 2.21. The Kier molecular flexibility index (Phi) is 2.71. The van der Waals surface area contributed by atoms with E-state index in [-0.39, 0.29) is 11.2 Å². The molecular formula is C8H10ClNO. The summed E-state index contributed by atoms with van der Waals surface area (Å²) in [5, 5.41) is -0.0919. The van der Waals surface area contributed by atoms with Crippen LogP contribution in [0.2, 0.25) is 0 Å². The quantitative estimate of drug-likeness (QED) is 0.549. The number of carbonyl (C=O) groups excluding carboxylic acids is 1. The number of rotatable bonds is 3. The van der Waals surface area contributed by atoms with Gasteiger partial charge >= 0.3 is 0 Å². The zero-order chi connectivity index (χ0) is 8.27. The van der Waals surface area contributed by atoms with Gasteiger partial charge in [0.25, 0.3) is 0 Å². The minimum Gasteiger partial charge on any atom is -0.359 e. The van der Waals surface area contributed by atoms with E-state index in [0.29, 0.717) is 12.1 Å². The minimum atomic E-state index is -0.0919. The molecule has 0 amide bonds. The lowest BCUT2D eigenvalue weighted by atomic mass is 10.2. The van der Waals surface area contributed by atoms with Gasteiger partial charge in [0, 0.05) is 18.0 Å². The highest BCUT2D eigenvalue weighted by Crippen LogP contribution is 2.06. The Morgan fingerprint density at radius 2 is 2.55 bits per heavy atom. The van der Waals surface area contributed by atoms with Crippen molar-refractivity contribution in [1.82, 2.24) is 4.98 Å². The molecule has 1 heterocycles. The molecular weight excluding hydrogens is 162 g/mol. The van der Waals surface area contributed by atoms with E-state index >= 15 is 0 Å². The summed E-state index contributed by atoms with van der Waals surface area (Å²) in [7, 11) is 0. The molecule has 0 saturated heterocycles. The third-order valence-electron chi connectivity index (χ3n) is 1.37. The molecule has 0 saturated carbocycles. The highest BCUT2D eigenvalue weighted by Gasteiger charge is 2.08. The molecule has 1 N–H and O–H groups in total. The maximum Gasteiger partial charge on any atom is 0.180 e. The van der Waals surface area contributed by atoms with E-state index in [0.717, 1.165) is 0 Å². The van der Waals surface area contributed by atoms with E-state index < -0.39 is 0 Å². The number of carbonyl (C=O) groups is 1. The van der Waals surface area contributed by atoms with Crippen molar-refractivity contribution in [2.45, 2.75) is 18.7 Å². The number of nitrogens with one attached hydrogen (secondary N) is 1. The van der Waals surface area contributed by atoms with E-state index in [2.05, 4.69) is 4.98 Å². The number of halogens is 1. The summed E-state index contributed by atoms with van der Waals surface area (Å²) in [5.74, 6) is 0.0671. The van der Waals surface area contributed by atoms with Crippen molar-refractivity contribution in [2.75, 3.05) is 0 Å². The smallest absolute Gasteiger partial charge is 0.180 e. The van der Waals surface area contributed by atoms with Gasteiger partial charge in [0.05, 0.1) is 5.69 Å². The second kappa shape index (κ2) is 3.58. The van der Waals surface area contributed by atoms with Crippen molar-refractivity contribution in [3.8, 4) is 0 Å². The maximum atomic E-state index is 11.2. The molecule has 0 bridgehead atoms. The summed E-state index contributed by atoms with van der Waals surface area (Å²) in [6.45, 7) is 1.81. The van der Waals surface area contributed by atoms with Gasteiger partial charge < -0.3 is 4.98 Å². The first kappa shape index (κ1) is 8.34. The van der Waals surface area contributed by atoms with Crippen LogP contribution < -0.4 is 0 Å². The Labute approximate surface area is 70.6 Å². The third-order valence-corrected chi connectivity index (χ3v) is 1.52. The SMILES string of the molecule is CC(Cl)CC(=O)c1ccc[nH]1. The molecule has 1 aromatic rings. The molecule has 0 radical (unpaired) electrons. The van der Waals surface area contributed by atoms with Crippen molar-refractivity contribution in [3.63, 3.8) is 0 Å². The zero-order valence-electron chi connectivity index (χ0n) is 6.30. The van der Waals surface area contributed by atoms with Crippen molar-refractivity contribution in [1.29, 1.82) is 0 Å². The molecule has 1 atom stereocenters. The topological polar surface area (TPSA) is 32.9 Å². The maximum absolute atomic E-state index is 11.2. The molecule has 1 aromatic heterocycles. The molecule has 0 aliphatic carbocycles. The first-order valence-corrected chi connectivity index (χ1v) is 3.94. The normalized spacial score (nSPS) is 12.9. The van der Waals surface area contributed by atoms with Crippen LogP contribution in [-0.2, 0) is 0 Å². The molecule has 60 valence electrons. The van der Waals surface area contributed by atoms with Gasteiger partial charge in [-0.05, 0) is 19.1 Å². The minimum absolute atomic E-state index is 0.0671. The summed E-state index contributed by atoms with van der Waals surface area (Å²) in [6.07, 6.45) is 2.12. The van der Waals surface area contributed by atoms with Crippen LogP contribution in [0, 0.1) is 0 Å². The van der Waals surface area contributed by atoms with E-state index in [1.807, 2.05) is 6.92 Å². The fraction of sp³-hybridized carbons (Fsp3) is 0.375. The average molecular weight is 172 g/mol. The van der Waals surface area contributed by atoms with Crippen molar-refractivity contribution < 1.29 is 4.79 Å². The highest BCUT2D eigenvalue weighted by molar-refractivity contribution is 6.22. The van der Waals surface area contributed by atoms with E-state index in [1.54, 1.807) is 18.3 Å². The van der Waals surface area contributed by atoms with E-state index in [4.69, 9.17) is 11.6 Å². The van der Waals surface area contributed by atoms with E-state index in [9.17, 15) is 4.79 Å². The van der Waals surface area contributed by atoms with Crippen LogP contribution in [0.1, 0.15) is 23.8 Å². The summed E-state index contributed by atoms with van der Waals surface area (Å²) in [6, 6.07) is 3.55. The number of alkyl halides is 1. The Morgan fingerprint density at radius 1 is 1.82 bits per heavy atom. The number of hydrogen-bond donors (Lipinski definition) is 1. The second-order valence-corrected chi connectivity index (χ2v) is 3.24. The van der Waals surface area contributed by atoms with Gasteiger partial charge in [-0.3, -0.25) is 4.79 Å². The number of hydrogen-bond acceptors (Lipinski definition) is 1. The molecule has 1 unspecified atom stereocenters. The second-order valence-electron chi connectivity index (χ2n) is 2.49. The molecule has 0 aliphatic rings. The first-order chi connectivity index (χ1) is 5.20. The van der Waals surface area contributed by atoms with Gasteiger partial charge in [-0.25, -0.2) is 0 Å². The van der Waals surface area contributed by atoms with Crippen molar-refractivity contribution in [3.05, 3.63) is 24.0 Å². The van der Waals surface area contributed by atoms with Gasteiger partial charge in [-0.2, -0.15) is 0 Å². The molecule has 1 rings (SSSR count). The number of aromatic amines is 1. The third kappa shape index (κ3) is 2.39. The number of H-pyrrole nitrogens is 1. The fourth-order valence-electron chi connectivity index (χ4n) is 0.869. The van der Waals surface area contributed by atoms with Crippen molar-refractivity contribution in [2.24, 2.45) is 0 Å². The summed E-state index contributed by atoms with van der Waals surface area (Å²) in [4.78, 5) is 14.0. The van der Waals surface area contributed by atoms with Crippen LogP contribution in [0.3, 0.4) is 0 Å². The average Bonchev–Trinajstić information content (AvgIpc) is 2.35. The van der Waals surface area contributed by atoms with Crippen LogP contribution in [0.15, 0.2) is 18.3 Å². The Bertz CT molecular complexity index is 228. The highest BCUT2D eigenvalue weighted by atomic mass is 35.5. The largest absolute Gasteiger partial charge is 0.359 e. The lowest BCUT2D eigenvalue weighted by Gasteiger charge is -1.98. The van der Waals surface area contributed by atoms with Crippen LogP contribution in [0.25, 0.3) is 0 Å². The van der Waals surface area contributed by atoms with Gasteiger partial charge in [0.1, 0.15) is 0 Å². The Balaban J connectivity index is 2.57. The number of ketones is 1. The zero-order valence-corrected chi connectivity index (χ0v) is 7.06. The van der Waals surface area contributed by atoms with Crippen LogP contribution >= 0.6 is 11.6 Å². The molecule has 2 nitrogen and oxygen atoms in total. The summed E-state index contributed by atoms with van der Waals surface area (Å²) < 4.78 is 0. The predicted molar refractivity (Wildman–Crippen MR) is 45.1 cm³/mol. The Hall–Kier alpha value is -0.760. The van der Waals surface area contributed by atoms with Gasteiger partial charge in [0.15, 0.2) is 5.78 Å². The molecule has 0 spiro atoms. The molecule has 11 heavy (non-hydrogen) atoms. The molecule has 3 heteroatoms. The lowest BCUT2D eigenvalue weighted by Crippen LogP contribution is -2.05. The standard InChI is InChI=1S/C8H10ClNO/c1-6(9)5-8(11)7-3-2-4-10-7/h2-4,6,10H,5H2,1H3. The summed E-state index contributed by atoms with van der Waals surface area (Å²) >= 11 is 5.65. The lowest BCUT2D eigenvalue weighted by molar-refractivity contribution is 0.0979. The van der Waals surface area contributed by atoms with Crippen LogP contribution in [-0.4, -0.2) is 16.1 Å². The number of Topliss-reactive ketones (excluding diaryl/α,β-unsaturated/α-hetero) is 1. The van der Waals surface area contributed by atoms with Crippen LogP contribution in [0.5, 0.6) is 0 Å². The monoisotopic (exact) mass is 171 g/mol. The Morgan fingerprint density at radius 3 is 3.00 bits per heavy atom. The first-order valence-electron chi connectivity index (χ1n) is 3.51. The molecule has 0 fully saturated rings. The fourth-order valence-corrected chi connectivity index (χ4v) is 1.01. The van der Waals surface area contributed by atoms with Crippen molar-refractivity contribution >= 4 is 17.4 Å².